The molecule has 1 aromatic heterocycles. The van der Waals surface area contributed by atoms with E-state index in [1.54, 1.807) is 31.4 Å². The van der Waals surface area contributed by atoms with E-state index in [0.29, 0.717) is 17.9 Å². The summed E-state index contributed by atoms with van der Waals surface area (Å²) in [6.07, 6.45) is 1.38. The number of hydrogen-bond acceptors (Lipinski definition) is 6. The lowest BCUT2D eigenvalue weighted by molar-refractivity contribution is 0.0602. The number of carbonyl (C=O) groups excluding carboxylic acids is 2. The van der Waals surface area contributed by atoms with Crippen molar-refractivity contribution < 1.29 is 23.6 Å². The van der Waals surface area contributed by atoms with Crippen LogP contribution in [0, 0.1) is 0 Å². The normalized spacial score (nSPS) is 11.9. The Bertz CT molecular complexity index is 1070. The number of para-hydroxylation sites is 1. The van der Waals surface area contributed by atoms with Crippen LogP contribution >= 0.6 is 0 Å². The number of anilines is 1. The Morgan fingerprint density at radius 1 is 1.11 bits per heavy atom. The van der Waals surface area contributed by atoms with Crippen LogP contribution < -0.4 is 10.1 Å². The average molecular weight is 378 g/mol. The minimum atomic E-state index is -0.527. The highest BCUT2D eigenvalue weighted by atomic mass is 16.5. The van der Waals surface area contributed by atoms with Crippen molar-refractivity contribution in [3.8, 4) is 17.1 Å². The Morgan fingerprint density at radius 2 is 1.93 bits per heavy atom. The van der Waals surface area contributed by atoms with Gasteiger partial charge in [-0.25, -0.2) is 4.79 Å². The summed E-state index contributed by atoms with van der Waals surface area (Å²) in [6.45, 7) is 0. The van der Waals surface area contributed by atoms with Crippen LogP contribution in [0.4, 0.5) is 5.69 Å². The first-order chi connectivity index (χ1) is 13.6. The Kier molecular flexibility index (Phi) is 4.57. The number of esters is 1. The van der Waals surface area contributed by atoms with Gasteiger partial charge >= 0.3 is 5.97 Å². The van der Waals surface area contributed by atoms with Crippen molar-refractivity contribution in [1.82, 2.24) is 5.16 Å². The molecule has 0 saturated carbocycles. The van der Waals surface area contributed by atoms with Crippen LogP contribution in [0.1, 0.15) is 32.0 Å². The molecular weight excluding hydrogens is 360 g/mol. The van der Waals surface area contributed by atoms with Gasteiger partial charge in [0.15, 0.2) is 11.5 Å². The zero-order valence-electron chi connectivity index (χ0n) is 15.4. The quantitative estimate of drug-likeness (QED) is 0.699. The maximum Gasteiger partial charge on any atom is 0.339 e. The second-order valence-corrected chi connectivity index (χ2v) is 6.35. The number of aryl methyl sites for hydroxylation is 1. The maximum absolute atomic E-state index is 12.8. The summed E-state index contributed by atoms with van der Waals surface area (Å²) in [5.74, 6) is 0.411. The number of ether oxygens (including phenoxy) is 2. The molecule has 1 aliphatic rings. The zero-order chi connectivity index (χ0) is 19.7. The van der Waals surface area contributed by atoms with Gasteiger partial charge in [-0.15, -0.1) is 0 Å². The summed E-state index contributed by atoms with van der Waals surface area (Å²) in [7, 11) is 2.92. The molecule has 7 nitrogen and oxygen atoms in total. The van der Waals surface area contributed by atoms with Crippen LogP contribution in [0.25, 0.3) is 11.3 Å². The number of nitrogens with zero attached hydrogens (tertiary/aromatic N) is 1. The van der Waals surface area contributed by atoms with Gasteiger partial charge in [-0.2, -0.15) is 0 Å². The van der Waals surface area contributed by atoms with Crippen LogP contribution in [-0.2, 0) is 17.6 Å². The first-order valence-corrected chi connectivity index (χ1v) is 8.77. The van der Waals surface area contributed by atoms with Crippen LogP contribution in [-0.4, -0.2) is 31.3 Å². The van der Waals surface area contributed by atoms with Crippen LogP contribution in [0.2, 0.25) is 0 Å². The predicted molar refractivity (Wildman–Crippen MR) is 102 cm³/mol. The Balaban J connectivity index is 1.65. The molecule has 0 fully saturated rings. The molecule has 4 rings (SSSR count). The second-order valence-electron chi connectivity index (χ2n) is 6.35. The highest BCUT2D eigenvalue weighted by Gasteiger charge is 2.28. The van der Waals surface area contributed by atoms with Gasteiger partial charge in [-0.1, -0.05) is 17.3 Å². The van der Waals surface area contributed by atoms with Crippen LogP contribution in [0.5, 0.6) is 5.75 Å². The third-order valence-corrected chi connectivity index (χ3v) is 4.79. The summed E-state index contributed by atoms with van der Waals surface area (Å²) >= 11 is 0. The number of fused-ring (bicyclic) bond motifs is 3. The smallest absolute Gasteiger partial charge is 0.339 e. The van der Waals surface area contributed by atoms with Crippen LogP contribution in [0.15, 0.2) is 47.0 Å². The number of benzene rings is 2. The van der Waals surface area contributed by atoms with Crippen molar-refractivity contribution in [3.63, 3.8) is 0 Å². The molecule has 0 atom stereocenters. The van der Waals surface area contributed by atoms with Gasteiger partial charge in [0.1, 0.15) is 5.75 Å². The average Bonchev–Trinajstić information content (AvgIpc) is 3.17. The Morgan fingerprint density at radius 3 is 2.71 bits per heavy atom. The number of methoxy groups -OCH3 is 2. The Labute approximate surface area is 161 Å². The molecule has 142 valence electrons. The first kappa shape index (κ1) is 17.8. The fourth-order valence-electron chi connectivity index (χ4n) is 3.38. The van der Waals surface area contributed by atoms with Crippen molar-refractivity contribution in [2.75, 3.05) is 19.5 Å². The van der Waals surface area contributed by atoms with Gasteiger partial charge in [0.05, 0.1) is 25.5 Å². The molecule has 0 bridgehead atoms. The molecule has 7 heteroatoms. The van der Waals surface area contributed by atoms with E-state index in [2.05, 4.69) is 10.5 Å². The van der Waals surface area contributed by atoms with Crippen LogP contribution in [0.3, 0.4) is 0 Å². The number of nitrogens with one attached hydrogen (secondary N) is 1. The molecule has 0 aliphatic heterocycles. The lowest BCUT2D eigenvalue weighted by Gasteiger charge is -2.16. The van der Waals surface area contributed by atoms with Gasteiger partial charge in [-0.05, 0) is 48.7 Å². The molecule has 0 unspecified atom stereocenters. The number of rotatable bonds is 4. The number of carbonyl (C=O) groups is 2. The highest BCUT2D eigenvalue weighted by molar-refractivity contribution is 6.08. The summed E-state index contributed by atoms with van der Waals surface area (Å²) < 4.78 is 15.5. The molecule has 28 heavy (non-hydrogen) atoms. The highest BCUT2D eigenvalue weighted by Crippen LogP contribution is 2.37. The minimum Gasteiger partial charge on any atom is -0.497 e. The summed E-state index contributed by atoms with van der Waals surface area (Å²) in [6, 6.07) is 12.4. The fraction of sp³-hybridized carbons (Fsp3) is 0.190. The number of hydrogen-bond donors (Lipinski definition) is 1. The van der Waals surface area contributed by atoms with E-state index in [-0.39, 0.29) is 11.3 Å². The standard InChI is InChI=1S/C21H18N2O5/c1-26-13-8-10-14-12(11-13)7-9-16-18(23-28-19(14)16)20(24)22-17-6-4-3-5-15(17)21(25)27-2/h3-6,8,10-11H,7,9H2,1-2H3,(H,22,24). The molecule has 1 aliphatic carbocycles. The number of aromatic nitrogens is 1. The third-order valence-electron chi connectivity index (χ3n) is 4.79. The van der Waals surface area contributed by atoms with E-state index in [4.69, 9.17) is 14.0 Å². The van der Waals surface area contributed by atoms with E-state index in [1.165, 1.54) is 7.11 Å². The van der Waals surface area contributed by atoms with Crippen molar-refractivity contribution >= 4 is 17.6 Å². The zero-order valence-corrected chi connectivity index (χ0v) is 15.4. The fourth-order valence-corrected chi connectivity index (χ4v) is 3.38. The van der Waals surface area contributed by atoms with E-state index < -0.39 is 11.9 Å². The van der Waals surface area contributed by atoms with Gasteiger partial charge in [-0.3, -0.25) is 4.79 Å². The molecule has 0 radical (unpaired) electrons. The molecule has 1 heterocycles. The molecule has 1 N–H and O–H groups in total. The minimum absolute atomic E-state index is 0.219. The molecule has 0 saturated heterocycles. The molecule has 3 aromatic rings. The summed E-state index contributed by atoms with van der Waals surface area (Å²) in [4.78, 5) is 24.7. The van der Waals surface area contributed by atoms with E-state index >= 15 is 0 Å². The monoisotopic (exact) mass is 378 g/mol. The molecule has 2 aromatic carbocycles. The number of amides is 1. The predicted octanol–water partition coefficient (Wildman–Crippen LogP) is 3.49. The first-order valence-electron chi connectivity index (χ1n) is 8.77. The van der Waals surface area contributed by atoms with Crippen molar-refractivity contribution in [2.24, 2.45) is 0 Å². The largest absolute Gasteiger partial charge is 0.497 e. The lowest BCUT2D eigenvalue weighted by Crippen LogP contribution is -2.18. The van der Waals surface area contributed by atoms with Gasteiger partial charge < -0.3 is 19.3 Å². The van der Waals surface area contributed by atoms with Gasteiger partial charge in [0, 0.05) is 11.1 Å². The van der Waals surface area contributed by atoms with E-state index in [0.717, 1.165) is 28.9 Å². The third kappa shape index (κ3) is 3.00. The molecular formula is C21H18N2O5. The topological polar surface area (TPSA) is 90.7 Å². The van der Waals surface area contributed by atoms with Crippen molar-refractivity contribution in [1.29, 1.82) is 0 Å². The van der Waals surface area contributed by atoms with Crippen molar-refractivity contribution in [3.05, 3.63) is 64.8 Å². The van der Waals surface area contributed by atoms with E-state index in [9.17, 15) is 9.59 Å². The summed E-state index contributed by atoms with van der Waals surface area (Å²) in [5.41, 5.74) is 3.60. The molecule has 1 amide bonds. The lowest BCUT2D eigenvalue weighted by atomic mass is 9.89. The second kappa shape index (κ2) is 7.19. The van der Waals surface area contributed by atoms with Gasteiger partial charge in [0.2, 0.25) is 0 Å². The Hall–Kier alpha value is -3.61. The van der Waals surface area contributed by atoms with Gasteiger partial charge in [0.25, 0.3) is 5.91 Å². The maximum atomic E-state index is 12.8. The summed E-state index contributed by atoms with van der Waals surface area (Å²) in [5, 5.41) is 6.73. The molecule has 0 spiro atoms. The van der Waals surface area contributed by atoms with Crippen molar-refractivity contribution in [2.45, 2.75) is 12.8 Å². The van der Waals surface area contributed by atoms with E-state index in [1.807, 2.05) is 18.2 Å². The SMILES string of the molecule is COC(=O)c1ccccc1NC(=O)c1noc2c1CCc1cc(OC)ccc1-2.